The number of carboxylic acid groups (broad SMARTS) is 1. The lowest BCUT2D eigenvalue weighted by atomic mass is 10.1. The Morgan fingerprint density at radius 1 is 1.42 bits per heavy atom. The van der Waals surface area contributed by atoms with E-state index in [-0.39, 0.29) is 17.9 Å². The van der Waals surface area contributed by atoms with E-state index >= 15 is 0 Å². The topological polar surface area (TPSA) is 81.8 Å². The lowest BCUT2D eigenvalue weighted by Crippen LogP contribution is -2.13. The molecule has 0 aliphatic rings. The molecule has 0 heterocycles. The van der Waals surface area contributed by atoms with Crippen molar-refractivity contribution in [1.29, 1.82) is 0 Å². The third-order valence-corrected chi connectivity index (χ3v) is 2.30. The highest BCUT2D eigenvalue weighted by Crippen LogP contribution is 2.27. The fraction of sp³-hybridized carbons (Fsp3) is 0.462. The molecule has 0 atom stereocenters. The Morgan fingerprint density at radius 2 is 2.11 bits per heavy atom. The molecule has 19 heavy (non-hydrogen) atoms. The fourth-order valence-corrected chi connectivity index (χ4v) is 1.44. The molecule has 0 aromatic heterocycles. The molecule has 0 bridgehead atoms. The highest BCUT2D eigenvalue weighted by Gasteiger charge is 2.18. The van der Waals surface area contributed by atoms with Gasteiger partial charge in [-0.15, -0.1) is 0 Å². The van der Waals surface area contributed by atoms with Gasteiger partial charge >= 0.3 is 5.97 Å². The number of nitrogens with two attached hydrogens (primary N) is 1. The first-order valence-electron chi connectivity index (χ1n) is 5.95. The molecule has 1 aromatic rings. The van der Waals surface area contributed by atoms with Gasteiger partial charge in [0.2, 0.25) is 0 Å². The summed E-state index contributed by atoms with van der Waals surface area (Å²) in [7, 11) is 0. The van der Waals surface area contributed by atoms with Gasteiger partial charge in [0.25, 0.3) is 0 Å². The molecule has 0 aliphatic heterocycles. The van der Waals surface area contributed by atoms with Gasteiger partial charge in [0, 0.05) is 6.61 Å². The number of benzene rings is 1. The minimum atomic E-state index is -1.32. The van der Waals surface area contributed by atoms with Crippen molar-refractivity contribution >= 4 is 11.7 Å². The van der Waals surface area contributed by atoms with Crippen molar-refractivity contribution in [3.8, 4) is 5.75 Å². The Balaban J connectivity index is 2.63. The summed E-state index contributed by atoms with van der Waals surface area (Å²) in [6, 6.07) is 2.32. The quantitative estimate of drug-likeness (QED) is 0.586. The predicted molar refractivity (Wildman–Crippen MR) is 68.9 cm³/mol. The van der Waals surface area contributed by atoms with Gasteiger partial charge in [-0.2, -0.15) is 0 Å². The Hall–Kier alpha value is -1.82. The monoisotopic (exact) mass is 271 g/mol. The summed E-state index contributed by atoms with van der Waals surface area (Å²) in [6.45, 7) is 5.14. The highest BCUT2D eigenvalue weighted by molar-refractivity contribution is 5.96. The Morgan fingerprint density at radius 3 is 2.68 bits per heavy atom. The van der Waals surface area contributed by atoms with Crippen molar-refractivity contribution in [1.82, 2.24) is 0 Å². The van der Waals surface area contributed by atoms with Crippen LogP contribution in [0.2, 0.25) is 0 Å². The molecule has 0 saturated carbocycles. The second-order valence-corrected chi connectivity index (χ2v) is 4.46. The van der Waals surface area contributed by atoms with E-state index in [1.165, 1.54) is 6.07 Å². The van der Waals surface area contributed by atoms with Crippen molar-refractivity contribution in [3.63, 3.8) is 0 Å². The number of halogens is 1. The first-order chi connectivity index (χ1) is 8.93. The van der Waals surface area contributed by atoms with Gasteiger partial charge in [-0.05, 0) is 18.1 Å². The van der Waals surface area contributed by atoms with Crippen LogP contribution in [0.3, 0.4) is 0 Å². The van der Waals surface area contributed by atoms with E-state index in [0.717, 1.165) is 6.07 Å². The number of rotatable bonds is 7. The van der Waals surface area contributed by atoms with Crippen molar-refractivity contribution in [3.05, 3.63) is 23.5 Å². The molecule has 5 nitrogen and oxygen atoms in total. The van der Waals surface area contributed by atoms with Gasteiger partial charge in [0.15, 0.2) is 0 Å². The van der Waals surface area contributed by atoms with E-state index in [9.17, 15) is 9.18 Å². The minimum Gasteiger partial charge on any atom is -0.490 e. The van der Waals surface area contributed by atoms with E-state index in [4.69, 9.17) is 20.3 Å². The molecule has 0 unspecified atom stereocenters. The molecule has 1 rings (SSSR count). The second kappa shape index (κ2) is 6.94. The number of carbonyl (C=O) groups is 1. The number of nitrogen functional groups attached to an aromatic ring is 1. The maximum Gasteiger partial charge on any atom is 0.341 e. The fourth-order valence-electron chi connectivity index (χ4n) is 1.44. The largest absolute Gasteiger partial charge is 0.490 e. The predicted octanol–water partition coefficient (Wildman–Crippen LogP) is 2.16. The maximum atomic E-state index is 13.2. The summed E-state index contributed by atoms with van der Waals surface area (Å²) in [5, 5.41) is 8.99. The van der Waals surface area contributed by atoms with Crippen LogP contribution in [0.5, 0.6) is 5.75 Å². The Kier molecular flexibility index (Phi) is 5.57. The average molecular weight is 271 g/mol. The highest BCUT2D eigenvalue weighted by atomic mass is 19.1. The summed E-state index contributed by atoms with van der Waals surface area (Å²) in [5.41, 5.74) is 4.61. The van der Waals surface area contributed by atoms with E-state index in [1.54, 1.807) is 0 Å². The van der Waals surface area contributed by atoms with Gasteiger partial charge in [-0.25, -0.2) is 9.18 Å². The van der Waals surface area contributed by atoms with Crippen LogP contribution in [0, 0.1) is 11.7 Å². The molecule has 0 amide bonds. The van der Waals surface area contributed by atoms with Gasteiger partial charge in [-0.1, -0.05) is 13.8 Å². The lowest BCUT2D eigenvalue weighted by molar-refractivity contribution is 0.0678. The van der Waals surface area contributed by atoms with Crippen molar-refractivity contribution in [2.45, 2.75) is 13.8 Å². The van der Waals surface area contributed by atoms with Gasteiger partial charge in [0.05, 0.1) is 12.3 Å². The smallest absolute Gasteiger partial charge is 0.341 e. The first kappa shape index (κ1) is 15.2. The number of ether oxygens (including phenoxy) is 2. The lowest BCUT2D eigenvalue weighted by Gasteiger charge is -2.12. The summed E-state index contributed by atoms with van der Waals surface area (Å²) in [6.07, 6.45) is 0. The summed E-state index contributed by atoms with van der Waals surface area (Å²) in [5.74, 6) is -1.65. The van der Waals surface area contributed by atoms with E-state index in [2.05, 4.69) is 0 Å². The molecule has 0 aliphatic carbocycles. The normalized spacial score (nSPS) is 10.7. The van der Waals surface area contributed by atoms with Gasteiger partial charge < -0.3 is 20.3 Å². The van der Waals surface area contributed by atoms with Crippen LogP contribution in [0.1, 0.15) is 24.2 Å². The molecule has 106 valence electrons. The number of anilines is 1. The number of aromatic carboxylic acids is 1. The summed E-state index contributed by atoms with van der Waals surface area (Å²) in [4.78, 5) is 11.0. The number of hydrogen-bond acceptors (Lipinski definition) is 4. The van der Waals surface area contributed by atoms with Crippen LogP contribution in [-0.4, -0.2) is 30.9 Å². The van der Waals surface area contributed by atoms with Crippen LogP contribution >= 0.6 is 0 Å². The van der Waals surface area contributed by atoms with E-state index in [0.29, 0.717) is 19.1 Å². The summed E-state index contributed by atoms with van der Waals surface area (Å²) >= 11 is 0. The molecule has 0 saturated heterocycles. The standard InChI is InChI=1S/C13H18FNO4/c1-8(2)7-18-5-6-19-10-4-3-9(14)12(15)11(10)13(16)17/h3-4,8H,5-7,15H2,1-2H3,(H,16,17). The molecular formula is C13H18FNO4. The summed E-state index contributed by atoms with van der Waals surface area (Å²) < 4.78 is 23.7. The van der Waals surface area contributed by atoms with Crippen LogP contribution in [0.25, 0.3) is 0 Å². The third-order valence-electron chi connectivity index (χ3n) is 2.30. The zero-order valence-corrected chi connectivity index (χ0v) is 11.0. The minimum absolute atomic E-state index is 0.0412. The maximum absolute atomic E-state index is 13.2. The van der Waals surface area contributed by atoms with Crippen LogP contribution in [0.4, 0.5) is 10.1 Å². The van der Waals surface area contributed by atoms with Crippen molar-refractivity contribution in [2.24, 2.45) is 5.92 Å². The molecule has 0 radical (unpaired) electrons. The first-order valence-corrected chi connectivity index (χ1v) is 5.95. The Bertz CT molecular complexity index is 449. The van der Waals surface area contributed by atoms with Gasteiger partial charge in [-0.3, -0.25) is 0 Å². The van der Waals surface area contributed by atoms with Crippen LogP contribution in [0.15, 0.2) is 12.1 Å². The number of carboxylic acids is 1. The van der Waals surface area contributed by atoms with Crippen LogP contribution < -0.4 is 10.5 Å². The molecule has 0 spiro atoms. The SMILES string of the molecule is CC(C)COCCOc1ccc(F)c(N)c1C(=O)O. The molecule has 6 heteroatoms. The second-order valence-electron chi connectivity index (χ2n) is 4.46. The van der Waals surface area contributed by atoms with Crippen molar-refractivity contribution < 1.29 is 23.8 Å². The Labute approximate surface area is 111 Å². The molecule has 1 aromatic carbocycles. The van der Waals surface area contributed by atoms with E-state index < -0.39 is 17.5 Å². The number of hydrogen-bond donors (Lipinski definition) is 2. The van der Waals surface area contributed by atoms with E-state index in [1.807, 2.05) is 13.8 Å². The zero-order valence-electron chi connectivity index (χ0n) is 11.0. The zero-order chi connectivity index (χ0) is 14.4. The third kappa shape index (κ3) is 4.40. The van der Waals surface area contributed by atoms with Crippen LogP contribution in [-0.2, 0) is 4.74 Å². The average Bonchev–Trinajstić information content (AvgIpc) is 2.32. The molecule has 0 fully saturated rings. The molecular weight excluding hydrogens is 253 g/mol. The molecule has 3 N–H and O–H groups in total. The van der Waals surface area contributed by atoms with Crippen molar-refractivity contribution in [2.75, 3.05) is 25.6 Å². The van der Waals surface area contributed by atoms with Gasteiger partial charge in [0.1, 0.15) is 23.7 Å².